The second-order valence-electron chi connectivity index (χ2n) is 3.79. The average Bonchev–Trinajstić information content (AvgIpc) is 2.84. The molecule has 1 heterocycles. The van der Waals surface area contributed by atoms with Gasteiger partial charge in [-0.2, -0.15) is 0 Å². The Morgan fingerprint density at radius 2 is 2.29 bits per heavy atom. The highest BCUT2D eigenvalue weighted by atomic mass is 79.9. The van der Waals surface area contributed by atoms with Crippen LogP contribution in [0.3, 0.4) is 0 Å². The van der Waals surface area contributed by atoms with Gasteiger partial charge in [0.05, 0.1) is 9.48 Å². The number of thiazole rings is 1. The van der Waals surface area contributed by atoms with E-state index in [1.54, 1.807) is 23.6 Å². The molecule has 1 atom stereocenters. The Balaban J connectivity index is 2.16. The van der Waals surface area contributed by atoms with E-state index in [2.05, 4.69) is 20.9 Å². The Morgan fingerprint density at radius 3 is 2.88 bits per heavy atom. The van der Waals surface area contributed by atoms with Gasteiger partial charge in [-0.15, -0.1) is 11.3 Å². The minimum absolute atomic E-state index is 0.242. The van der Waals surface area contributed by atoms with Gasteiger partial charge in [-0.05, 0) is 40.0 Å². The molecule has 1 aromatic carbocycles. The lowest BCUT2D eigenvalue weighted by Crippen LogP contribution is -2.14. The van der Waals surface area contributed by atoms with Gasteiger partial charge in [0.1, 0.15) is 5.75 Å². The summed E-state index contributed by atoms with van der Waals surface area (Å²) in [6, 6.07) is 5.52. The molecule has 0 spiro atoms. The summed E-state index contributed by atoms with van der Waals surface area (Å²) in [4.78, 5) is 4.30. The Hall–Kier alpha value is -0.910. The van der Waals surface area contributed by atoms with Crippen LogP contribution >= 0.6 is 27.3 Å². The van der Waals surface area contributed by atoms with Gasteiger partial charge in [-0.3, -0.25) is 0 Å². The van der Waals surface area contributed by atoms with Crippen LogP contribution in [0.15, 0.2) is 34.2 Å². The Morgan fingerprint density at radius 1 is 1.47 bits per heavy atom. The molecule has 1 unspecified atom stereocenters. The van der Waals surface area contributed by atoms with Gasteiger partial charge < -0.3 is 10.8 Å². The molecular formula is C12H13BrN2OS. The summed E-state index contributed by atoms with van der Waals surface area (Å²) in [6.45, 7) is 0.575. The molecule has 2 rings (SSSR count). The number of nitrogens with zero attached hydrogens (tertiary/aromatic N) is 1. The third-order valence-electron chi connectivity index (χ3n) is 2.58. The van der Waals surface area contributed by atoms with E-state index in [0.717, 1.165) is 17.0 Å². The molecule has 17 heavy (non-hydrogen) atoms. The van der Waals surface area contributed by atoms with Crippen molar-refractivity contribution in [2.24, 2.45) is 5.73 Å². The first kappa shape index (κ1) is 12.5. The predicted octanol–water partition coefficient (Wildman–Crippen LogP) is 2.90. The molecule has 5 heteroatoms. The molecule has 3 N–H and O–H groups in total. The van der Waals surface area contributed by atoms with Gasteiger partial charge in [0.15, 0.2) is 0 Å². The summed E-state index contributed by atoms with van der Waals surface area (Å²) in [6.07, 6.45) is 2.64. The predicted molar refractivity (Wildman–Crippen MR) is 73.4 cm³/mol. The zero-order valence-electron chi connectivity index (χ0n) is 9.14. The van der Waals surface area contributed by atoms with E-state index < -0.39 is 0 Å². The van der Waals surface area contributed by atoms with Crippen molar-refractivity contribution < 1.29 is 5.11 Å². The number of hydrogen-bond acceptors (Lipinski definition) is 4. The van der Waals surface area contributed by atoms with Crippen LogP contribution in [0.25, 0.3) is 0 Å². The first-order valence-corrected chi connectivity index (χ1v) is 6.95. The molecule has 0 saturated carbocycles. The number of aromatic hydroxyl groups is 1. The number of halogens is 1. The molecule has 0 aliphatic heterocycles. The number of aromatic nitrogens is 1. The molecule has 0 bridgehead atoms. The van der Waals surface area contributed by atoms with E-state index in [0.29, 0.717) is 11.0 Å². The molecule has 0 aliphatic carbocycles. The zero-order valence-corrected chi connectivity index (χ0v) is 11.5. The lowest BCUT2D eigenvalue weighted by atomic mass is 10.00. The standard InChI is InChI=1S/C12H13BrN2OS/c13-10-6-8(1-2-11(10)16)5-9(7-14)12-15-3-4-17-12/h1-4,6,9,16H,5,7,14H2. The van der Waals surface area contributed by atoms with Gasteiger partial charge in [0, 0.05) is 24.0 Å². The monoisotopic (exact) mass is 312 g/mol. The molecule has 0 amide bonds. The van der Waals surface area contributed by atoms with Gasteiger partial charge in [0.25, 0.3) is 0 Å². The molecule has 1 aromatic heterocycles. The van der Waals surface area contributed by atoms with Crippen molar-refractivity contribution >= 4 is 27.3 Å². The zero-order chi connectivity index (χ0) is 12.3. The second kappa shape index (κ2) is 5.62. The molecule has 0 radical (unpaired) electrons. The Labute approximate surface area is 112 Å². The fourth-order valence-corrected chi connectivity index (χ4v) is 2.85. The SMILES string of the molecule is NCC(Cc1ccc(O)c(Br)c1)c1nccs1. The van der Waals surface area contributed by atoms with E-state index in [4.69, 9.17) is 5.73 Å². The van der Waals surface area contributed by atoms with Crippen molar-refractivity contribution in [1.82, 2.24) is 4.98 Å². The normalized spacial score (nSPS) is 12.6. The maximum atomic E-state index is 9.44. The van der Waals surface area contributed by atoms with Crippen LogP contribution in [0.2, 0.25) is 0 Å². The van der Waals surface area contributed by atoms with Crippen molar-refractivity contribution in [3.05, 3.63) is 44.8 Å². The van der Waals surface area contributed by atoms with Crippen LogP contribution in [0.5, 0.6) is 5.75 Å². The van der Waals surface area contributed by atoms with Crippen LogP contribution in [-0.2, 0) is 6.42 Å². The third-order valence-corrected chi connectivity index (χ3v) is 4.15. The second-order valence-corrected chi connectivity index (χ2v) is 5.57. The summed E-state index contributed by atoms with van der Waals surface area (Å²) in [5.74, 6) is 0.499. The Kier molecular flexibility index (Phi) is 4.15. The van der Waals surface area contributed by atoms with E-state index in [1.807, 2.05) is 17.5 Å². The van der Waals surface area contributed by atoms with Gasteiger partial charge in [0.2, 0.25) is 0 Å². The maximum Gasteiger partial charge on any atom is 0.129 e. The highest BCUT2D eigenvalue weighted by Gasteiger charge is 2.13. The molecule has 3 nitrogen and oxygen atoms in total. The number of phenolic OH excluding ortho intramolecular Hbond substituents is 1. The van der Waals surface area contributed by atoms with Crippen molar-refractivity contribution in [2.45, 2.75) is 12.3 Å². The van der Waals surface area contributed by atoms with Crippen molar-refractivity contribution in [1.29, 1.82) is 0 Å². The van der Waals surface area contributed by atoms with Crippen LogP contribution in [0.4, 0.5) is 0 Å². The summed E-state index contributed by atoms with van der Waals surface area (Å²) in [7, 11) is 0. The minimum atomic E-state index is 0.242. The quantitative estimate of drug-likeness (QED) is 0.912. The number of hydrogen-bond donors (Lipinski definition) is 2. The third kappa shape index (κ3) is 3.06. The highest BCUT2D eigenvalue weighted by Crippen LogP contribution is 2.27. The van der Waals surface area contributed by atoms with Crippen LogP contribution in [0.1, 0.15) is 16.5 Å². The summed E-state index contributed by atoms with van der Waals surface area (Å²) in [5.41, 5.74) is 6.92. The smallest absolute Gasteiger partial charge is 0.129 e. The minimum Gasteiger partial charge on any atom is -0.507 e. The highest BCUT2D eigenvalue weighted by molar-refractivity contribution is 9.10. The van der Waals surface area contributed by atoms with Crippen molar-refractivity contribution in [3.63, 3.8) is 0 Å². The molecule has 2 aromatic rings. The topological polar surface area (TPSA) is 59.1 Å². The summed E-state index contributed by atoms with van der Waals surface area (Å²) < 4.78 is 0.713. The number of benzene rings is 1. The average molecular weight is 313 g/mol. The van der Waals surface area contributed by atoms with E-state index in [1.165, 1.54) is 0 Å². The van der Waals surface area contributed by atoms with E-state index in [-0.39, 0.29) is 11.7 Å². The van der Waals surface area contributed by atoms with Gasteiger partial charge in [-0.1, -0.05) is 6.07 Å². The molecule has 0 aliphatic rings. The number of nitrogens with two attached hydrogens (primary N) is 1. The molecule has 90 valence electrons. The first-order valence-electron chi connectivity index (χ1n) is 5.27. The first-order chi connectivity index (χ1) is 8.20. The van der Waals surface area contributed by atoms with Crippen molar-refractivity contribution in [2.75, 3.05) is 6.54 Å². The maximum absolute atomic E-state index is 9.44. The molecule has 0 saturated heterocycles. The molecular weight excluding hydrogens is 300 g/mol. The molecule has 0 fully saturated rings. The van der Waals surface area contributed by atoms with Crippen LogP contribution in [-0.4, -0.2) is 16.6 Å². The fourth-order valence-electron chi connectivity index (χ4n) is 1.67. The van der Waals surface area contributed by atoms with Crippen LogP contribution < -0.4 is 5.73 Å². The van der Waals surface area contributed by atoms with E-state index in [9.17, 15) is 5.11 Å². The summed E-state index contributed by atoms with van der Waals surface area (Å²) >= 11 is 4.94. The summed E-state index contributed by atoms with van der Waals surface area (Å²) in [5, 5.41) is 12.5. The van der Waals surface area contributed by atoms with E-state index >= 15 is 0 Å². The van der Waals surface area contributed by atoms with Gasteiger partial charge >= 0.3 is 0 Å². The Bertz CT molecular complexity index is 487. The van der Waals surface area contributed by atoms with Crippen LogP contribution in [0, 0.1) is 0 Å². The van der Waals surface area contributed by atoms with Crippen molar-refractivity contribution in [3.8, 4) is 5.75 Å². The number of phenols is 1. The number of rotatable bonds is 4. The fraction of sp³-hybridized carbons (Fsp3) is 0.250. The lowest BCUT2D eigenvalue weighted by molar-refractivity contribution is 0.471. The van der Waals surface area contributed by atoms with Gasteiger partial charge in [-0.25, -0.2) is 4.98 Å². The lowest BCUT2D eigenvalue weighted by Gasteiger charge is -2.12. The largest absolute Gasteiger partial charge is 0.507 e.